The first kappa shape index (κ1) is 20.5. The van der Waals surface area contributed by atoms with E-state index in [1.807, 2.05) is 17.5 Å². The van der Waals surface area contributed by atoms with Crippen LogP contribution in [0.15, 0.2) is 70.9 Å². The van der Waals surface area contributed by atoms with E-state index >= 15 is 0 Å². The van der Waals surface area contributed by atoms with Gasteiger partial charge in [0.2, 0.25) is 5.91 Å². The van der Waals surface area contributed by atoms with Crippen molar-refractivity contribution in [2.24, 2.45) is 0 Å². The van der Waals surface area contributed by atoms with Crippen LogP contribution in [0.5, 0.6) is 0 Å². The van der Waals surface area contributed by atoms with Gasteiger partial charge in [0.1, 0.15) is 0 Å². The Morgan fingerprint density at radius 2 is 1.72 bits per heavy atom. The molecule has 29 heavy (non-hydrogen) atoms. The van der Waals surface area contributed by atoms with Crippen molar-refractivity contribution < 1.29 is 18.1 Å². The highest BCUT2D eigenvalue weighted by Gasteiger charge is 2.16. The summed E-state index contributed by atoms with van der Waals surface area (Å²) in [5, 5.41) is 15.4. The van der Waals surface area contributed by atoms with E-state index in [4.69, 9.17) is 0 Å². The number of nitrogens with one attached hydrogen (secondary N) is 2. The number of benzene rings is 2. The molecule has 3 aromatic rings. The zero-order valence-corrected chi connectivity index (χ0v) is 16.7. The number of carbonyl (C=O) groups excluding carboxylic acids is 1. The van der Waals surface area contributed by atoms with Gasteiger partial charge in [0.25, 0.3) is 15.7 Å². The van der Waals surface area contributed by atoms with E-state index in [9.17, 15) is 23.3 Å². The van der Waals surface area contributed by atoms with Gasteiger partial charge in [-0.3, -0.25) is 19.6 Å². The summed E-state index contributed by atoms with van der Waals surface area (Å²) in [7, 11) is -3.88. The number of nitro benzene ring substituents is 1. The second-order valence-electron chi connectivity index (χ2n) is 6.09. The van der Waals surface area contributed by atoms with Gasteiger partial charge >= 0.3 is 0 Å². The number of hydrogen-bond acceptors (Lipinski definition) is 6. The summed E-state index contributed by atoms with van der Waals surface area (Å²) in [5.74, 6) is -0.127. The van der Waals surface area contributed by atoms with E-state index in [-0.39, 0.29) is 22.9 Å². The Kier molecular flexibility index (Phi) is 6.25. The van der Waals surface area contributed by atoms with Gasteiger partial charge in [-0.1, -0.05) is 18.2 Å². The molecular weight excluding hydrogens is 414 g/mol. The average molecular weight is 431 g/mol. The summed E-state index contributed by atoms with van der Waals surface area (Å²) in [6.45, 7) is 0.476. The second-order valence-corrected chi connectivity index (χ2v) is 8.80. The van der Waals surface area contributed by atoms with Gasteiger partial charge < -0.3 is 5.32 Å². The van der Waals surface area contributed by atoms with Crippen molar-refractivity contribution in [3.63, 3.8) is 0 Å². The van der Waals surface area contributed by atoms with Gasteiger partial charge in [-0.25, -0.2) is 8.42 Å². The van der Waals surface area contributed by atoms with Gasteiger partial charge in [0.05, 0.1) is 22.8 Å². The summed E-state index contributed by atoms with van der Waals surface area (Å²) < 4.78 is 27.2. The zero-order chi connectivity index (χ0) is 20.9. The fourth-order valence-corrected chi connectivity index (χ4v) is 4.20. The van der Waals surface area contributed by atoms with E-state index in [1.165, 1.54) is 12.1 Å². The number of nitrogens with zero attached hydrogens (tertiary/aromatic N) is 1. The molecule has 2 aromatic carbocycles. The minimum absolute atomic E-state index is 0.0832. The highest BCUT2D eigenvalue weighted by Crippen LogP contribution is 2.19. The summed E-state index contributed by atoms with van der Waals surface area (Å²) in [6.07, 6.45) is 0.181. The number of anilines is 1. The van der Waals surface area contributed by atoms with Crippen molar-refractivity contribution in [1.29, 1.82) is 0 Å². The van der Waals surface area contributed by atoms with E-state index in [0.717, 1.165) is 22.6 Å². The van der Waals surface area contributed by atoms with Gasteiger partial charge in [0, 0.05) is 22.7 Å². The number of carbonyl (C=O) groups is 1. The molecule has 0 saturated carbocycles. The molecule has 8 nitrogen and oxygen atoms in total. The molecule has 0 aliphatic rings. The number of rotatable bonds is 8. The normalized spacial score (nSPS) is 11.0. The molecule has 2 N–H and O–H groups in total. The quantitative estimate of drug-likeness (QED) is 0.419. The molecule has 1 amide bonds. The van der Waals surface area contributed by atoms with Crippen molar-refractivity contribution in [2.45, 2.75) is 17.9 Å². The largest absolute Gasteiger partial charge is 0.351 e. The molecule has 0 aliphatic heterocycles. The maximum absolute atomic E-state index is 12.4. The minimum Gasteiger partial charge on any atom is -0.351 e. The first-order chi connectivity index (χ1) is 13.8. The third kappa shape index (κ3) is 5.62. The highest BCUT2D eigenvalue weighted by molar-refractivity contribution is 7.92. The molecule has 0 fully saturated rings. The number of amides is 1. The van der Waals surface area contributed by atoms with Crippen LogP contribution in [0.3, 0.4) is 0 Å². The Labute approximate surface area is 171 Å². The van der Waals surface area contributed by atoms with Gasteiger partial charge in [-0.2, -0.15) is 0 Å². The Bertz CT molecular complexity index is 1090. The topological polar surface area (TPSA) is 118 Å². The van der Waals surface area contributed by atoms with Crippen LogP contribution in [0.25, 0.3) is 0 Å². The van der Waals surface area contributed by atoms with Crippen molar-refractivity contribution in [2.75, 3.05) is 4.72 Å². The Morgan fingerprint density at radius 1 is 1.03 bits per heavy atom. The maximum Gasteiger partial charge on any atom is 0.269 e. The zero-order valence-electron chi connectivity index (χ0n) is 15.1. The molecule has 3 rings (SSSR count). The van der Waals surface area contributed by atoms with Crippen LogP contribution >= 0.6 is 11.3 Å². The predicted octanol–water partition coefficient (Wildman–Crippen LogP) is 3.32. The van der Waals surface area contributed by atoms with Crippen LogP contribution in [0.2, 0.25) is 0 Å². The lowest BCUT2D eigenvalue weighted by Crippen LogP contribution is -2.24. The van der Waals surface area contributed by atoms with Crippen LogP contribution in [0.1, 0.15) is 10.4 Å². The number of nitro groups is 1. The Balaban J connectivity index is 1.59. The smallest absolute Gasteiger partial charge is 0.269 e. The van der Waals surface area contributed by atoms with Crippen LogP contribution in [-0.4, -0.2) is 19.2 Å². The summed E-state index contributed by atoms with van der Waals surface area (Å²) >= 11 is 1.57. The van der Waals surface area contributed by atoms with Crippen LogP contribution in [0, 0.1) is 10.1 Å². The van der Waals surface area contributed by atoms with Gasteiger partial charge in [0.15, 0.2) is 0 Å². The number of non-ortho nitro benzene ring substituents is 1. The lowest BCUT2D eigenvalue weighted by atomic mass is 10.1. The van der Waals surface area contributed by atoms with E-state index in [2.05, 4.69) is 10.0 Å². The fraction of sp³-hybridized carbons (Fsp3) is 0.105. The number of thiophene rings is 1. The molecular formula is C19H17N3O5S2. The predicted molar refractivity (Wildman–Crippen MR) is 110 cm³/mol. The minimum atomic E-state index is -3.88. The van der Waals surface area contributed by atoms with Crippen LogP contribution in [-0.2, 0) is 27.8 Å². The summed E-state index contributed by atoms with van der Waals surface area (Å²) in [6, 6.07) is 14.9. The maximum atomic E-state index is 12.4. The molecule has 0 unspecified atom stereocenters. The molecule has 0 spiro atoms. The molecule has 0 atom stereocenters. The fourth-order valence-electron chi connectivity index (χ4n) is 2.50. The molecule has 0 bridgehead atoms. The molecule has 0 radical (unpaired) electrons. The van der Waals surface area contributed by atoms with Crippen LogP contribution in [0.4, 0.5) is 11.4 Å². The molecule has 150 valence electrons. The van der Waals surface area contributed by atoms with E-state index in [0.29, 0.717) is 12.2 Å². The molecule has 1 aromatic heterocycles. The third-order valence-corrected chi connectivity index (χ3v) is 6.24. The Hall–Kier alpha value is -3.24. The van der Waals surface area contributed by atoms with Crippen molar-refractivity contribution in [3.05, 3.63) is 86.6 Å². The van der Waals surface area contributed by atoms with Gasteiger partial charge in [-0.05, 0) is 41.3 Å². The van der Waals surface area contributed by atoms with E-state index < -0.39 is 14.9 Å². The molecule has 1 heterocycles. The standard InChI is InChI=1S/C19H17N3O5S2/c23-19(20-13-17-2-1-11-28-17)12-14-3-5-15(6-4-14)21-29(26,27)18-9-7-16(8-10-18)22(24)25/h1-11,21H,12-13H2,(H,20,23). The highest BCUT2D eigenvalue weighted by atomic mass is 32.2. The van der Waals surface area contributed by atoms with Gasteiger partial charge in [-0.15, -0.1) is 11.3 Å². The number of hydrogen-bond donors (Lipinski definition) is 2. The van der Waals surface area contributed by atoms with E-state index in [1.54, 1.807) is 35.6 Å². The molecule has 0 saturated heterocycles. The SMILES string of the molecule is O=C(Cc1ccc(NS(=O)(=O)c2ccc([N+](=O)[O-])cc2)cc1)NCc1cccs1. The second kappa shape index (κ2) is 8.84. The lowest BCUT2D eigenvalue weighted by molar-refractivity contribution is -0.384. The lowest BCUT2D eigenvalue weighted by Gasteiger charge is -2.09. The third-order valence-electron chi connectivity index (χ3n) is 3.97. The summed E-state index contributed by atoms with van der Waals surface area (Å²) in [5.41, 5.74) is 0.878. The average Bonchev–Trinajstić information content (AvgIpc) is 3.21. The Morgan fingerprint density at radius 3 is 2.31 bits per heavy atom. The summed E-state index contributed by atoms with van der Waals surface area (Å²) in [4.78, 5) is 23.1. The van der Waals surface area contributed by atoms with Crippen molar-refractivity contribution in [3.8, 4) is 0 Å². The molecule has 0 aliphatic carbocycles. The molecule has 10 heteroatoms. The van der Waals surface area contributed by atoms with Crippen LogP contribution < -0.4 is 10.0 Å². The number of sulfonamides is 1. The first-order valence-electron chi connectivity index (χ1n) is 8.49. The van der Waals surface area contributed by atoms with Crippen molar-refractivity contribution in [1.82, 2.24) is 5.32 Å². The monoisotopic (exact) mass is 431 g/mol. The van der Waals surface area contributed by atoms with Crippen molar-refractivity contribution >= 4 is 38.6 Å². The first-order valence-corrected chi connectivity index (χ1v) is 10.8.